The SMILES string of the molecule is CC1(CNC(=O)C(N)CCS(C)(=O)=O)CCCO1. The highest BCUT2D eigenvalue weighted by molar-refractivity contribution is 7.90. The average Bonchev–Trinajstić information content (AvgIpc) is 2.69. The maximum Gasteiger partial charge on any atom is 0.237 e. The normalized spacial score (nSPS) is 25.9. The Balaban J connectivity index is 2.31. The van der Waals surface area contributed by atoms with Gasteiger partial charge in [0.15, 0.2) is 0 Å². The van der Waals surface area contributed by atoms with Gasteiger partial charge in [0, 0.05) is 19.4 Å². The number of carbonyl (C=O) groups excluding carboxylic acids is 1. The highest BCUT2D eigenvalue weighted by atomic mass is 32.2. The van der Waals surface area contributed by atoms with Crippen molar-refractivity contribution in [3.8, 4) is 0 Å². The summed E-state index contributed by atoms with van der Waals surface area (Å²) < 4.78 is 27.5. The fourth-order valence-corrected chi connectivity index (χ4v) is 2.54. The molecule has 0 spiro atoms. The molecule has 0 aromatic heterocycles. The fraction of sp³-hybridized carbons (Fsp3) is 0.909. The molecule has 1 amide bonds. The Morgan fingerprint density at radius 2 is 2.22 bits per heavy atom. The van der Waals surface area contributed by atoms with Crippen LogP contribution in [0.25, 0.3) is 0 Å². The summed E-state index contributed by atoms with van der Waals surface area (Å²) in [5.41, 5.74) is 5.32. The Hall–Kier alpha value is -0.660. The lowest BCUT2D eigenvalue weighted by Crippen LogP contribution is -2.47. The average molecular weight is 278 g/mol. The van der Waals surface area contributed by atoms with E-state index in [0.29, 0.717) is 13.2 Å². The number of rotatable bonds is 6. The first-order valence-corrected chi connectivity index (χ1v) is 8.13. The maximum absolute atomic E-state index is 11.7. The van der Waals surface area contributed by atoms with E-state index in [9.17, 15) is 13.2 Å². The number of ether oxygens (including phenoxy) is 1. The number of hydrogen-bond donors (Lipinski definition) is 2. The van der Waals surface area contributed by atoms with Gasteiger partial charge in [0.1, 0.15) is 9.84 Å². The minimum absolute atomic E-state index is 0.0741. The number of sulfone groups is 1. The molecule has 1 saturated heterocycles. The van der Waals surface area contributed by atoms with Crippen LogP contribution in [0.5, 0.6) is 0 Å². The molecule has 0 aromatic carbocycles. The van der Waals surface area contributed by atoms with Crippen molar-refractivity contribution in [3.63, 3.8) is 0 Å². The Labute approximate surface area is 108 Å². The largest absolute Gasteiger partial charge is 0.373 e. The third-order valence-electron chi connectivity index (χ3n) is 3.07. The summed E-state index contributed by atoms with van der Waals surface area (Å²) in [5, 5.41) is 2.72. The topological polar surface area (TPSA) is 98.5 Å². The van der Waals surface area contributed by atoms with Crippen LogP contribution in [0.15, 0.2) is 0 Å². The van der Waals surface area contributed by atoms with E-state index in [2.05, 4.69) is 5.32 Å². The lowest BCUT2D eigenvalue weighted by molar-refractivity contribution is -0.123. The van der Waals surface area contributed by atoms with E-state index < -0.39 is 15.9 Å². The van der Waals surface area contributed by atoms with E-state index in [4.69, 9.17) is 10.5 Å². The zero-order valence-electron chi connectivity index (χ0n) is 10.9. The smallest absolute Gasteiger partial charge is 0.237 e. The van der Waals surface area contributed by atoms with Crippen molar-refractivity contribution in [2.45, 2.75) is 37.8 Å². The number of hydrogen-bond acceptors (Lipinski definition) is 5. The van der Waals surface area contributed by atoms with E-state index in [-0.39, 0.29) is 23.7 Å². The molecule has 1 aliphatic heterocycles. The van der Waals surface area contributed by atoms with Crippen LogP contribution in [-0.4, -0.2) is 51.1 Å². The van der Waals surface area contributed by atoms with Crippen molar-refractivity contribution < 1.29 is 17.9 Å². The summed E-state index contributed by atoms with van der Waals surface area (Å²) in [6.07, 6.45) is 3.17. The van der Waals surface area contributed by atoms with Gasteiger partial charge in [-0.1, -0.05) is 0 Å². The molecule has 0 saturated carbocycles. The quantitative estimate of drug-likeness (QED) is 0.678. The molecule has 6 nitrogen and oxygen atoms in total. The summed E-state index contributed by atoms with van der Waals surface area (Å²) in [4.78, 5) is 11.7. The third-order valence-corrected chi connectivity index (χ3v) is 4.05. The maximum atomic E-state index is 11.7. The molecule has 1 rings (SSSR count). The molecule has 1 aliphatic rings. The highest BCUT2D eigenvalue weighted by Gasteiger charge is 2.30. The molecule has 18 heavy (non-hydrogen) atoms. The zero-order valence-corrected chi connectivity index (χ0v) is 11.8. The van der Waals surface area contributed by atoms with Gasteiger partial charge in [0.2, 0.25) is 5.91 Å². The van der Waals surface area contributed by atoms with Gasteiger partial charge in [0.25, 0.3) is 0 Å². The predicted molar refractivity (Wildman–Crippen MR) is 68.9 cm³/mol. The Kier molecular flexibility index (Phi) is 5.12. The summed E-state index contributed by atoms with van der Waals surface area (Å²) in [6, 6.07) is -0.787. The van der Waals surface area contributed by atoms with Crippen LogP contribution in [0.2, 0.25) is 0 Å². The molecule has 106 valence electrons. The highest BCUT2D eigenvalue weighted by Crippen LogP contribution is 2.23. The van der Waals surface area contributed by atoms with Crippen LogP contribution in [-0.2, 0) is 19.4 Å². The van der Waals surface area contributed by atoms with Crippen LogP contribution in [0, 0.1) is 0 Å². The van der Waals surface area contributed by atoms with Gasteiger partial charge in [-0.05, 0) is 26.2 Å². The van der Waals surface area contributed by atoms with Crippen molar-refractivity contribution in [1.29, 1.82) is 0 Å². The first-order chi connectivity index (χ1) is 8.22. The first-order valence-electron chi connectivity index (χ1n) is 6.07. The molecule has 7 heteroatoms. The standard InChI is InChI=1S/C11H22N2O4S/c1-11(5-3-6-17-11)8-13-10(14)9(12)4-7-18(2,15)16/h9H,3-8,12H2,1-2H3,(H,13,14). The molecular weight excluding hydrogens is 256 g/mol. The van der Waals surface area contributed by atoms with Gasteiger partial charge < -0.3 is 15.8 Å². The molecule has 1 fully saturated rings. The summed E-state index contributed by atoms with van der Waals surface area (Å²) >= 11 is 0. The summed E-state index contributed by atoms with van der Waals surface area (Å²) in [7, 11) is -3.08. The Bertz CT molecular complexity index is 388. The second kappa shape index (κ2) is 5.99. The second-order valence-corrected chi connectivity index (χ2v) is 7.40. The van der Waals surface area contributed by atoms with Gasteiger partial charge in [-0.25, -0.2) is 8.42 Å². The van der Waals surface area contributed by atoms with Gasteiger partial charge in [-0.3, -0.25) is 4.79 Å². The summed E-state index contributed by atoms with van der Waals surface area (Å²) in [5.74, 6) is -0.398. The van der Waals surface area contributed by atoms with Gasteiger partial charge in [-0.15, -0.1) is 0 Å². The third kappa shape index (κ3) is 5.32. The van der Waals surface area contributed by atoms with E-state index in [1.54, 1.807) is 0 Å². The monoisotopic (exact) mass is 278 g/mol. The van der Waals surface area contributed by atoms with Gasteiger partial charge in [0.05, 0.1) is 17.4 Å². The predicted octanol–water partition coefficient (Wildman–Crippen LogP) is -0.566. The van der Waals surface area contributed by atoms with Crippen LogP contribution in [0.1, 0.15) is 26.2 Å². The molecule has 3 N–H and O–H groups in total. The summed E-state index contributed by atoms with van der Waals surface area (Å²) in [6.45, 7) is 3.08. The number of amides is 1. The van der Waals surface area contributed by atoms with Crippen LogP contribution < -0.4 is 11.1 Å². The van der Waals surface area contributed by atoms with Crippen LogP contribution >= 0.6 is 0 Å². The fourth-order valence-electron chi connectivity index (χ4n) is 1.85. The second-order valence-electron chi connectivity index (χ2n) is 5.14. The van der Waals surface area contributed by atoms with E-state index in [0.717, 1.165) is 19.1 Å². The minimum atomic E-state index is -3.08. The number of nitrogens with one attached hydrogen (secondary N) is 1. The Morgan fingerprint density at radius 3 is 2.72 bits per heavy atom. The van der Waals surface area contributed by atoms with Crippen molar-refractivity contribution in [2.75, 3.05) is 25.2 Å². The minimum Gasteiger partial charge on any atom is -0.373 e. The molecule has 0 radical (unpaired) electrons. The van der Waals surface area contributed by atoms with E-state index in [1.807, 2.05) is 6.92 Å². The molecular formula is C11H22N2O4S. The lowest BCUT2D eigenvalue weighted by Gasteiger charge is -2.24. The van der Waals surface area contributed by atoms with E-state index >= 15 is 0 Å². The zero-order chi connectivity index (χ0) is 13.8. The van der Waals surface area contributed by atoms with Crippen LogP contribution in [0.3, 0.4) is 0 Å². The van der Waals surface area contributed by atoms with Crippen molar-refractivity contribution in [2.24, 2.45) is 5.73 Å². The molecule has 0 aromatic rings. The molecule has 0 bridgehead atoms. The number of carbonyl (C=O) groups is 1. The lowest BCUT2D eigenvalue weighted by atomic mass is 10.0. The van der Waals surface area contributed by atoms with E-state index in [1.165, 1.54) is 0 Å². The van der Waals surface area contributed by atoms with Crippen molar-refractivity contribution in [1.82, 2.24) is 5.32 Å². The Morgan fingerprint density at radius 1 is 1.56 bits per heavy atom. The van der Waals surface area contributed by atoms with Gasteiger partial charge in [-0.2, -0.15) is 0 Å². The van der Waals surface area contributed by atoms with Gasteiger partial charge >= 0.3 is 0 Å². The molecule has 1 heterocycles. The molecule has 0 aliphatic carbocycles. The molecule has 2 unspecified atom stereocenters. The van der Waals surface area contributed by atoms with Crippen molar-refractivity contribution in [3.05, 3.63) is 0 Å². The first kappa shape index (κ1) is 15.4. The number of nitrogens with two attached hydrogens (primary N) is 1. The van der Waals surface area contributed by atoms with Crippen LogP contribution in [0.4, 0.5) is 0 Å². The van der Waals surface area contributed by atoms with Crippen molar-refractivity contribution >= 4 is 15.7 Å². The molecule has 2 atom stereocenters.